The summed E-state index contributed by atoms with van der Waals surface area (Å²) >= 11 is 5.74. The summed E-state index contributed by atoms with van der Waals surface area (Å²) in [6.45, 7) is 1.58. The van der Waals surface area contributed by atoms with Gasteiger partial charge in [-0.25, -0.2) is 0 Å². The molecule has 0 fully saturated rings. The Labute approximate surface area is 149 Å². The second-order valence-corrected chi connectivity index (χ2v) is 6.17. The molecule has 3 rings (SSSR count). The monoisotopic (exact) mass is 357 g/mol. The van der Waals surface area contributed by atoms with Gasteiger partial charge in [0.2, 0.25) is 5.91 Å². The predicted molar refractivity (Wildman–Crippen MR) is 98.4 cm³/mol. The lowest BCUT2D eigenvalue weighted by atomic mass is 10.1. The van der Waals surface area contributed by atoms with Gasteiger partial charge >= 0.3 is 0 Å². The van der Waals surface area contributed by atoms with E-state index in [0.717, 1.165) is 11.3 Å². The molecule has 0 saturated heterocycles. The van der Waals surface area contributed by atoms with E-state index in [1.54, 1.807) is 44.4 Å². The standard InChI is InChI=1S/C19H16ClNO4/c1-11(20)19(23)21-13-5-8-17-15(9-13)16(22)10-18(25-17)12-3-6-14(24-2)7-4-12/h3-11H,1-2H3,(H,21,23). The van der Waals surface area contributed by atoms with E-state index in [0.29, 0.717) is 22.4 Å². The number of ether oxygens (including phenoxy) is 1. The molecule has 1 aromatic heterocycles. The molecule has 0 aliphatic heterocycles. The highest BCUT2D eigenvalue weighted by molar-refractivity contribution is 6.32. The van der Waals surface area contributed by atoms with E-state index < -0.39 is 5.38 Å². The van der Waals surface area contributed by atoms with E-state index in [-0.39, 0.29) is 11.3 Å². The van der Waals surface area contributed by atoms with Gasteiger partial charge in [-0.15, -0.1) is 11.6 Å². The Morgan fingerprint density at radius 2 is 1.88 bits per heavy atom. The third kappa shape index (κ3) is 3.67. The first-order valence-corrected chi connectivity index (χ1v) is 8.09. The zero-order chi connectivity index (χ0) is 18.0. The summed E-state index contributed by atoms with van der Waals surface area (Å²) in [7, 11) is 1.59. The zero-order valence-corrected chi connectivity index (χ0v) is 14.5. The molecule has 5 nitrogen and oxygen atoms in total. The molecule has 1 atom stereocenters. The van der Waals surface area contributed by atoms with Gasteiger partial charge < -0.3 is 14.5 Å². The van der Waals surface area contributed by atoms with E-state index in [9.17, 15) is 9.59 Å². The van der Waals surface area contributed by atoms with Crippen molar-refractivity contribution in [3.8, 4) is 17.1 Å². The van der Waals surface area contributed by atoms with Crippen LogP contribution < -0.4 is 15.5 Å². The van der Waals surface area contributed by atoms with Gasteiger partial charge in [0.15, 0.2) is 5.43 Å². The molecule has 3 aromatic rings. The van der Waals surface area contributed by atoms with Gasteiger partial charge in [0, 0.05) is 17.3 Å². The molecule has 0 radical (unpaired) electrons. The number of anilines is 1. The summed E-state index contributed by atoms with van der Waals surface area (Å²) in [4.78, 5) is 24.1. The molecule has 0 aliphatic rings. The first kappa shape index (κ1) is 17.0. The van der Waals surface area contributed by atoms with Gasteiger partial charge in [-0.05, 0) is 49.4 Å². The van der Waals surface area contributed by atoms with Gasteiger partial charge in [-0.3, -0.25) is 9.59 Å². The Morgan fingerprint density at radius 3 is 2.52 bits per heavy atom. The molecule has 2 aromatic carbocycles. The Kier molecular flexibility index (Phi) is 4.76. The van der Waals surface area contributed by atoms with Gasteiger partial charge in [0.25, 0.3) is 0 Å². The molecular formula is C19H16ClNO4. The molecule has 6 heteroatoms. The summed E-state index contributed by atoms with van der Waals surface area (Å²) in [5, 5.41) is 2.38. The summed E-state index contributed by atoms with van der Waals surface area (Å²) in [5.74, 6) is 0.854. The van der Waals surface area contributed by atoms with Crippen LogP contribution in [0.1, 0.15) is 6.92 Å². The fourth-order valence-corrected chi connectivity index (χ4v) is 2.43. The quantitative estimate of drug-likeness (QED) is 0.716. The summed E-state index contributed by atoms with van der Waals surface area (Å²) < 4.78 is 11.0. The fraction of sp³-hybridized carbons (Fsp3) is 0.158. The Balaban J connectivity index is 1.99. The SMILES string of the molecule is COc1ccc(-c2cc(=O)c3cc(NC(=O)C(C)Cl)ccc3o2)cc1. The topological polar surface area (TPSA) is 68.5 Å². The van der Waals surface area contributed by atoms with E-state index in [2.05, 4.69) is 5.32 Å². The molecule has 1 unspecified atom stereocenters. The number of fused-ring (bicyclic) bond motifs is 1. The van der Waals surface area contributed by atoms with Crippen LogP contribution in [0.3, 0.4) is 0 Å². The van der Waals surface area contributed by atoms with Crippen molar-refractivity contribution in [3.63, 3.8) is 0 Å². The van der Waals surface area contributed by atoms with Gasteiger partial charge in [-0.1, -0.05) is 0 Å². The first-order chi connectivity index (χ1) is 12.0. The molecule has 0 aliphatic carbocycles. The zero-order valence-electron chi connectivity index (χ0n) is 13.7. The van der Waals surface area contributed by atoms with E-state index in [1.165, 1.54) is 6.07 Å². The van der Waals surface area contributed by atoms with Crippen LogP contribution in [0.5, 0.6) is 5.75 Å². The second-order valence-electron chi connectivity index (χ2n) is 5.52. The van der Waals surface area contributed by atoms with Crippen LogP contribution >= 0.6 is 11.6 Å². The fourth-order valence-electron chi connectivity index (χ4n) is 2.37. The average molecular weight is 358 g/mol. The van der Waals surface area contributed by atoms with Crippen LogP contribution in [-0.4, -0.2) is 18.4 Å². The maximum atomic E-state index is 12.4. The van der Waals surface area contributed by atoms with Crippen LogP contribution in [0.25, 0.3) is 22.3 Å². The smallest absolute Gasteiger partial charge is 0.242 e. The minimum Gasteiger partial charge on any atom is -0.497 e. The lowest BCUT2D eigenvalue weighted by molar-refractivity contribution is -0.115. The largest absolute Gasteiger partial charge is 0.497 e. The van der Waals surface area contributed by atoms with E-state index in [4.69, 9.17) is 20.8 Å². The molecule has 0 bridgehead atoms. The highest BCUT2D eigenvalue weighted by Gasteiger charge is 2.12. The van der Waals surface area contributed by atoms with Crippen LogP contribution in [0, 0.1) is 0 Å². The highest BCUT2D eigenvalue weighted by atomic mass is 35.5. The minimum absolute atomic E-state index is 0.193. The first-order valence-electron chi connectivity index (χ1n) is 7.65. The van der Waals surface area contributed by atoms with Crippen molar-refractivity contribution >= 4 is 34.2 Å². The summed E-state index contributed by atoms with van der Waals surface area (Å²) in [6.07, 6.45) is 0. The van der Waals surface area contributed by atoms with Gasteiger partial charge in [0.05, 0.1) is 12.5 Å². The van der Waals surface area contributed by atoms with Gasteiger partial charge in [-0.2, -0.15) is 0 Å². The summed E-state index contributed by atoms with van der Waals surface area (Å²) in [6, 6.07) is 13.6. The van der Waals surface area contributed by atoms with Crippen molar-refractivity contribution in [2.24, 2.45) is 0 Å². The number of alkyl halides is 1. The third-order valence-electron chi connectivity index (χ3n) is 3.73. The molecule has 128 valence electrons. The number of amides is 1. The highest BCUT2D eigenvalue weighted by Crippen LogP contribution is 2.25. The number of carbonyl (C=O) groups is 1. The molecule has 0 saturated carbocycles. The molecule has 1 N–H and O–H groups in total. The second kappa shape index (κ2) is 6.99. The Bertz CT molecular complexity index is 977. The summed E-state index contributed by atoms with van der Waals surface area (Å²) in [5.41, 5.74) is 1.51. The number of carbonyl (C=O) groups excluding carboxylic acids is 1. The van der Waals surface area contributed by atoms with Crippen molar-refractivity contribution in [1.29, 1.82) is 0 Å². The number of benzene rings is 2. The van der Waals surface area contributed by atoms with Crippen LogP contribution in [0.15, 0.2) is 57.7 Å². The van der Waals surface area contributed by atoms with Crippen molar-refractivity contribution < 1.29 is 13.9 Å². The van der Waals surface area contributed by atoms with E-state index in [1.807, 2.05) is 12.1 Å². The van der Waals surface area contributed by atoms with Crippen molar-refractivity contribution in [2.45, 2.75) is 12.3 Å². The normalized spacial score (nSPS) is 12.0. The van der Waals surface area contributed by atoms with Crippen LogP contribution in [0.4, 0.5) is 5.69 Å². The Hall–Kier alpha value is -2.79. The molecule has 1 heterocycles. The Morgan fingerprint density at radius 1 is 1.16 bits per heavy atom. The number of halogens is 1. The molecular weight excluding hydrogens is 342 g/mol. The average Bonchev–Trinajstić information content (AvgIpc) is 2.62. The maximum absolute atomic E-state index is 12.4. The molecule has 1 amide bonds. The maximum Gasteiger partial charge on any atom is 0.242 e. The molecule has 0 spiro atoms. The predicted octanol–water partition coefficient (Wildman–Crippen LogP) is 4.03. The molecule has 25 heavy (non-hydrogen) atoms. The van der Waals surface area contributed by atoms with Crippen LogP contribution in [-0.2, 0) is 4.79 Å². The van der Waals surface area contributed by atoms with Crippen molar-refractivity contribution in [2.75, 3.05) is 12.4 Å². The minimum atomic E-state index is -0.662. The third-order valence-corrected chi connectivity index (χ3v) is 3.93. The van der Waals surface area contributed by atoms with E-state index >= 15 is 0 Å². The van der Waals surface area contributed by atoms with Gasteiger partial charge in [0.1, 0.15) is 22.5 Å². The van der Waals surface area contributed by atoms with Crippen LogP contribution in [0.2, 0.25) is 0 Å². The van der Waals surface area contributed by atoms with Crippen molar-refractivity contribution in [1.82, 2.24) is 0 Å². The number of rotatable bonds is 4. The lowest BCUT2D eigenvalue weighted by Gasteiger charge is -2.08. The number of methoxy groups -OCH3 is 1. The lowest BCUT2D eigenvalue weighted by Crippen LogP contribution is -2.20. The van der Waals surface area contributed by atoms with Crippen molar-refractivity contribution in [3.05, 3.63) is 58.8 Å². The number of hydrogen-bond acceptors (Lipinski definition) is 4. The number of hydrogen-bond donors (Lipinski definition) is 1. The number of nitrogens with one attached hydrogen (secondary N) is 1.